The normalized spacial score (nSPS) is 14.4. The molecule has 0 bridgehead atoms. The number of hydrogen-bond acceptors (Lipinski definition) is 3. The highest BCUT2D eigenvalue weighted by atomic mass is 16.3. The van der Waals surface area contributed by atoms with Gasteiger partial charge in [0.2, 0.25) is 5.91 Å². The lowest BCUT2D eigenvalue weighted by Gasteiger charge is -2.36. The van der Waals surface area contributed by atoms with Crippen molar-refractivity contribution >= 4 is 16.8 Å². The smallest absolute Gasteiger partial charge is 0.224 e. The summed E-state index contributed by atoms with van der Waals surface area (Å²) in [6.45, 7) is 1.87. The van der Waals surface area contributed by atoms with E-state index >= 15 is 0 Å². The molecule has 1 amide bonds. The van der Waals surface area contributed by atoms with Crippen molar-refractivity contribution in [2.75, 3.05) is 6.61 Å². The molecule has 1 heterocycles. The Morgan fingerprint density at radius 3 is 2.66 bits per heavy atom. The minimum Gasteiger partial charge on any atom is -0.396 e. The zero-order chi connectivity index (χ0) is 20.7. The molecular weight excluding hydrogens is 364 g/mol. The van der Waals surface area contributed by atoms with Gasteiger partial charge in [0, 0.05) is 23.7 Å². The molecule has 2 unspecified atom stereocenters. The van der Waals surface area contributed by atoms with Gasteiger partial charge in [0.25, 0.3) is 0 Å². The number of amides is 1. The first-order chi connectivity index (χ1) is 14.0. The van der Waals surface area contributed by atoms with Crippen LogP contribution in [0.5, 0.6) is 0 Å². The van der Waals surface area contributed by atoms with Gasteiger partial charge in [-0.1, -0.05) is 48.5 Å². The van der Waals surface area contributed by atoms with E-state index in [1.165, 1.54) is 0 Å². The second-order valence-electron chi connectivity index (χ2n) is 7.72. The highest BCUT2D eigenvalue weighted by Gasteiger charge is 2.34. The lowest BCUT2D eigenvalue weighted by atomic mass is 9.84. The fourth-order valence-electron chi connectivity index (χ4n) is 3.70. The molecule has 0 fully saturated rings. The molecule has 0 saturated carbocycles. The van der Waals surface area contributed by atoms with Crippen LogP contribution in [-0.4, -0.2) is 39.4 Å². The summed E-state index contributed by atoms with van der Waals surface area (Å²) in [6, 6.07) is 17.8. The predicted molar refractivity (Wildman–Crippen MR) is 115 cm³/mol. The molecule has 153 valence electrons. The predicted octanol–water partition coefficient (Wildman–Crippen LogP) is 3.17. The second kappa shape index (κ2) is 9.72. The summed E-state index contributed by atoms with van der Waals surface area (Å²) in [7, 11) is 0. The molecule has 29 heavy (non-hydrogen) atoms. The molecule has 3 aromatic rings. The van der Waals surface area contributed by atoms with Gasteiger partial charge in [0.05, 0.1) is 18.1 Å². The van der Waals surface area contributed by atoms with Crippen molar-refractivity contribution in [3.63, 3.8) is 0 Å². The lowest BCUT2D eigenvalue weighted by molar-refractivity contribution is -0.121. The number of hydrogen-bond donors (Lipinski definition) is 4. The van der Waals surface area contributed by atoms with Crippen molar-refractivity contribution in [2.24, 2.45) is 0 Å². The van der Waals surface area contributed by atoms with Gasteiger partial charge < -0.3 is 20.5 Å². The van der Waals surface area contributed by atoms with Crippen LogP contribution in [0.3, 0.4) is 0 Å². The Hall–Kier alpha value is -2.63. The molecular formula is C24H29N2O3. The number of aliphatic hydroxyl groups excluding tert-OH is 2. The number of para-hydroxylation sites is 1. The molecule has 2 aromatic carbocycles. The monoisotopic (exact) mass is 393 g/mol. The third kappa shape index (κ3) is 5.46. The fraction of sp³-hybridized carbons (Fsp3) is 0.333. The molecule has 0 aliphatic heterocycles. The molecule has 5 heteroatoms. The summed E-state index contributed by atoms with van der Waals surface area (Å²) in [5.41, 5.74) is 2.31. The first-order valence-electron chi connectivity index (χ1n) is 10.0. The van der Waals surface area contributed by atoms with Crippen LogP contribution in [0.4, 0.5) is 0 Å². The number of nitrogens with one attached hydrogen (secondary N) is 2. The molecule has 3 rings (SSSR count). The van der Waals surface area contributed by atoms with E-state index in [1.807, 2.05) is 67.7 Å². The number of aromatic amines is 1. The summed E-state index contributed by atoms with van der Waals surface area (Å²) >= 11 is 0. The molecule has 0 aliphatic rings. The van der Waals surface area contributed by atoms with Crippen LogP contribution in [0.15, 0.2) is 60.8 Å². The van der Waals surface area contributed by atoms with Crippen molar-refractivity contribution in [3.05, 3.63) is 78.3 Å². The zero-order valence-electron chi connectivity index (χ0n) is 16.8. The van der Waals surface area contributed by atoms with Crippen LogP contribution in [0.2, 0.25) is 0 Å². The van der Waals surface area contributed by atoms with Crippen LogP contribution in [-0.2, 0) is 17.6 Å². The highest BCUT2D eigenvalue weighted by molar-refractivity contribution is 5.88. The van der Waals surface area contributed by atoms with Crippen molar-refractivity contribution in [2.45, 2.75) is 44.2 Å². The van der Waals surface area contributed by atoms with Crippen LogP contribution < -0.4 is 5.32 Å². The average Bonchev–Trinajstić information content (AvgIpc) is 3.14. The van der Waals surface area contributed by atoms with Crippen LogP contribution in [0.1, 0.15) is 30.9 Å². The van der Waals surface area contributed by atoms with Crippen molar-refractivity contribution in [1.29, 1.82) is 0 Å². The fourth-order valence-corrected chi connectivity index (χ4v) is 3.70. The third-order valence-corrected chi connectivity index (χ3v) is 5.38. The lowest BCUT2D eigenvalue weighted by Crippen LogP contribution is -2.56. The quantitative estimate of drug-likeness (QED) is 0.427. The van der Waals surface area contributed by atoms with Gasteiger partial charge in [-0.15, -0.1) is 0 Å². The van der Waals surface area contributed by atoms with E-state index in [1.54, 1.807) is 6.42 Å². The van der Waals surface area contributed by atoms with Crippen molar-refractivity contribution in [1.82, 2.24) is 10.3 Å². The SMILES string of the molecule is CC(Cc1ccccc1)(NC(=O)[CH]Cc1c[nH]c2ccccc12)C(O)CCCO. The van der Waals surface area contributed by atoms with Crippen LogP contribution in [0, 0.1) is 6.42 Å². The Morgan fingerprint density at radius 2 is 1.90 bits per heavy atom. The topological polar surface area (TPSA) is 85.4 Å². The van der Waals surface area contributed by atoms with E-state index in [2.05, 4.69) is 10.3 Å². The highest BCUT2D eigenvalue weighted by Crippen LogP contribution is 2.22. The summed E-state index contributed by atoms with van der Waals surface area (Å²) in [4.78, 5) is 15.9. The molecule has 4 N–H and O–H groups in total. The number of H-pyrrole nitrogens is 1. The largest absolute Gasteiger partial charge is 0.396 e. The summed E-state index contributed by atoms with van der Waals surface area (Å²) in [5.74, 6) is -0.211. The second-order valence-corrected chi connectivity index (χ2v) is 7.72. The Balaban J connectivity index is 1.68. The maximum atomic E-state index is 12.7. The molecule has 1 radical (unpaired) electrons. The number of aliphatic hydroxyl groups is 2. The summed E-state index contributed by atoms with van der Waals surface area (Å²) in [6.07, 6.45) is 4.70. The van der Waals surface area contributed by atoms with E-state index in [9.17, 15) is 9.90 Å². The van der Waals surface area contributed by atoms with Crippen LogP contribution in [0.25, 0.3) is 10.9 Å². The van der Waals surface area contributed by atoms with Gasteiger partial charge in [0.1, 0.15) is 0 Å². The number of carbonyl (C=O) groups is 1. The molecule has 0 aliphatic carbocycles. The number of rotatable bonds is 10. The minimum atomic E-state index is -0.829. The molecule has 0 spiro atoms. The minimum absolute atomic E-state index is 0.0130. The van der Waals surface area contributed by atoms with E-state index in [4.69, 9.17) is 5.11 Å². The van der Waals surface area contributed by atoms with Crippen molar-refractivity contribution < 1.29 is 15.0 Å². The molecule has 1 aromatic heterocycles. The van der Waals surface area contributed by atoms with Crippen LogP contribution >= 0.6 is 0 Å². The molecule has 0 saturated heterocycles. The van der Waals surface area contributed by atoms with Gasteiger partial charge in [-0.05, 0) is 49.8 Å². The maximum Gasteiger partial charge on any atom is 0.224 e. The van der Waals surface area contributed by atoms with E-state index in [0.717, 1.165) is 22.0 Å². The number of fused-ring (bicyclic) bond motifs is 1. The van der Waals surface area contributed by atoms with Gasteiger partial charge in [-0.3, -0.25) is 4.79 Å². The Bertz CT molecular complexity index is 922. The number of aromatic nitrogens is 1. The summed E-state index contributed by atoms with van der Waals surface area (Å²) < 4.78 is 0. The number of benzene rings is 2. The first kappa shape index (κ1) is 21.1. The standard InChI is InChI=1S/C24H29N2O3/c1-24(22(28)12-7-15-27,16-18-8-3-2-4-9-18)26-23(29)14-13-19-17-25-21-11-6-5-10-20(19)21/h2-6,8-11,14,17,22,25,27-28H,7,12-13,15-16H2,1H3,(H,26,29). The van der Waals surface area contributed by atoms with Gasteiger partial charge in [0.15, 0.2) is 0 Å². The maximum absolute atomic E-state index is 12.7. The average molecular weight is 394 g/mol. The van der Waals surface area contributed by atoms with E-state index in [0.29, 0.717) is 25.7 Å². The van der Waals surface area contributed by atoms with Gasteiger partial charge in [-0.2, -0.15) is 0 Å². The Labute approximate surface area is 171 Å². The first-order valence-corrected chi connectivity index (χ1v) is 10.0. The third-order valence-electron chi connectivity index (χ3n) is 5.38. The summed E-state index contributed by atoms with van der Waals surface area (Å²) in [5, 5.41) is 24.0. The number of carbonyl (C=O) groups excluding carboxylic acids is 1. The van der Waals surface area contributed by atoms with Crippen molar-refractivity contribution in [3.8, 4) is 0 Å². The molecule has 2 atom stereocenters. The molecule has 5 nitrogen and oxygen atoms in total. The van der Waals surface area contributed by atoms with Gasteiger partial charge >= 0.3 is 0 Å². The van der Waals surface area contributed by atoms with E-state index < -0.39 is 11.6 Å². The zero-order valence-corrected chi connectivity index (χ0v) is 16.8. The van der Waals surface area contributed by atoms with E-state index in [-0.39, 0.29) is 12.5 Å². The Kier molecular flexibility index (Phi) is 7.07. The van der Waals surface area contributed by atoms with Gasteiger partial charge in [-0.25, -0.2) is 0 Å². The Morgan fingerprint density at radius 1 is 1.17 bits per heavy atom.